The van der Waals surface area contributed by atoms with Crippen LogP contribution in [0.15, 0.2) is 64.2 Å². The summed E-state index contributed by atoms with van der Waals surface area (Å²) in [5, 5.41) is 4.09. The van der Waals surface area contributed by atoms with Crippen LogP contribution in [0.1, 0.15) is 11.3 Å². The lowest BCUT2D eigenvalue weighted by Gasteiger charge is -2.26. The second kappa shape index (κ2) is 10.7. The number of aromatic amines is 1. The molecule has 0 atom stereocenters. The van der Waals surface area contributed by atoms with Gasteiger partial charge in [-0.1, -0.05) is 23.7 Å². The first-order valence-corrected chi connectivity index (χ1v) is 12.1. The van der Waals surface area contributed by atoms with Gasteiger partial charge in [0.1, 0.15) is 18.2 Å². The van der Waals surface area contributed by atoms with E-state index in [4.69, 9.17) is 21.1 Å². The second-order valence-corrected chi connectivity index (χ2v) is 9.13. The molecule has 2 aromatic heterocycles. The minimum absolute atomic E-state index is 0.0393. The van der Waals surface area contributed by atoms with Crippen LogP contribution in [0.4, 0.5) is 4.39 Å². The van der Waals surface area contributed by atoms with Gasteiger partial charge >= 0.3 is 0 Å². The third-order valence-electron chi connectivity index (χ3n) is 6.32. The Kier molecular flexibility index (Phi) is 7.22. The van der Waals surface area contributed by atoms with Crippen LogP contribution in [-0.4, -0.2) is 52.1 Å². The number of ether oxygens (including phenoxy) is 2. The van der Waals surface area contributed by atoms with E-state index < -0.39 is 0 Å². The van der Waals surface area contributed by atoms with Crippen LogP contribution in [0.5, 0.6) is 5.75 Å². The van der Waals surface area contributed by atoms with Crippen molar-refractivity contribution in [1.29, 1.82) is 0 Å². The fraction of sp³-hybridized carbons (Fsp3) is 0.308. The number of rotatable bonds is 8. The van der Waals surface area contributed by atoms with Crippen molar-refractivity contribution in [2.24, 2.45) is 0 Å². The molecule has 4 aromatic rings. The fourth-order valence-electron chi connectivity index (χ4n) is 4.36. The molecule has 2 aromatic carbocycles. The number of fused-ring (bicyclic) bond motifs is 1. The summed E-state index contributed by atoms with van der Waals surface area (Å²) in [6.07, 6.45) is 0. The van der Waals surface area contributed by atoms with Gasteiger partial charge in [-0.15, -0.1) is 0 Å². The van der Waals surface area contributed by atoms with Crippen molar-refractivity contribution in [2.75, 3.05) is 32.8 Å². The topological polar surface area (TPSA) is 81.5 Å². The molecular weight excluding hydrogens is 487 g/mol. The average Bonchev–Trinajstić information content (AvgIpc) is 3.20. The Hall–Kier alpha value is -3.40. The van der Waals surface area contributed by atoms with Crippen molar-refractivity contribution in [1.82, 2.24) is 19.2 Å². The van der Waals surface area contributed by atoms with E-state index in [9.17, 15) is 14.0 Å². The van der Waals surface area contributed by atoms with E-state index in [1.807, 2.05) is 12.1 Å². The molecule has 8 nitrogen and oxygen atoms in total. The summed E-state index contributed by atoms with van der Waals surface area (Å²) < 4.78 is 27.7. The molecular formula is C26H26ClFN4O4. The molecule has 188 valence electrons. The van der Waals surface area contributed by atoms with Crippen LogP contribution >= 0.6 is 11.6 Å². The van der Waals surface area contributed by atoms with E-state index in [1.54, 1.807) is 12.1 Å². The Labute approximate surface area is 211 Å². The zero-order valence-corrected chi connectivity index (χ0v) is 20.3. The highest BCUT2D eigenvalue weighted by atomic mass is 35.5. The Bertz CT molecular complexity index is 1460. The van der Waals surface area contributed by atoms with Gasteiger partial charge in [0.25, 0.3) is 11.1 Å². The molecule has 1 aliphatic heterocycles. The number of nitrogens with one attached hydrogen (secondary N) is 1. The molecule has 0 amide bonds. The van der Waals surface area contributed by atoms with Crippen molar-refractivity contribution < 1.29 is 13.9 Å². The summed E-state index contributed by atoms with van der Waals surface area (Å²) in [5.41, 5.74) is 1.27. The van der Waals surface area contributed by atoms with Crippen molar-refractivity contribution in [3.05, 3.63) is 97.4 Å². The molecule has 0 saturated carbocycles. The van der Waals surface area contributed by atoms with Crippen LogP contribution < -0.4 is 15.9 Å². The molecule has 3 heterocycles. The number of pyridine rings is 1. The number of nitrogens with zero attached hydrogens (tertiary/aromatic N) is 3. The van der Waals surface area contributed by atoms with Gasteiger partial charge in [0.15, 0.2) is 0 Å². The largest absolute Gasteiger partial charge is 0.487 e. The monoisotopic (exact) mass is 512 g/mol. The lowest BCUT2D eigenvalue weighted by Crippen LogP contribution is -2.39. The van der Waals surface area contributed by atoms with E-state index in [0.29, 0.717) is 53.7 Å². The molecule has 0 bridgehead atoms. The number of hydrogen-bond donors (Lipinski definition) is 1. The fourth-order valence-corrected chi connectivity index (χ4v) is 4.48. The maximum absolute atomic E-state index is 13.5. The molecule has 1 saturated heterocycles. The Morgan fingerprint density at radius 1 is 1.00 bits per heavy atom. The molecule has 1 aliphatic rings. The van der Waals surface area contributed by atoms with Gasteiger partial charge in [-0.3, -0.25) is 24.3 Å². The highest BCUT2D eigenvalue weighted by Crippen LogP contribution is 2.19. The molecule has 0 aliphatic carbocycles. The van der Waals surface area contributed by atoms with E-state index in [2.05, 4.69) is 10.00 Å². The van der Waals surface area contributed by atoms with Crippen LogP contribution in [0.3, 0.4) is 0 Å². The summed E-state index contributed by atoms with van der Waals surface area (Å²) in [7, 11) is 0. The number of halogens is 2. The second-order valence-electron chi connectivity index (χ2n) is 8.70. The first kappa shape index (κ1) is 24.3. The van der Waals surface area contributed by atoms with E-state index in [1.165, 1.54) is 39.6 Å². The van der Waals surface area contributed by atoms with Crippen LogP contribution in [0, 0.1) is 5.82 Å². The minimum atomic E-state index is -0.377. The van der Waals surface area contributed by atoms with Crippen LogP contribution in [0.2, 0.25) is 5.02 Å². The maximum atomic E-state index is 13.5. The molecule has 10 heteroatoms. The summed E-state index contributed by atoms with van der Waals surface area (Å²) in [6.45, 7) is 4.33. The predicted octanol–water partition coefficient (Wildman–Crippen LogP) is 3.24. The SMILES string of the molecule is O=c1c2c(COc3ccc(F)cc3)n(Cc3ccc(Cl)cc3)c(=O)cc2[nH]n1CCN1CCOCC1. The van der Waals surface area contributed by atoms with Crippen molar-refractivity contribution in [2.45, 2.75) is 19.7 Å². The van der Waals surface area contributed by atoms with Gasteiger partial charge in [0.05, 0.1) is 42.9 Å². The van der Waals surface area contributed by atoms with Gasteiger partial charge < -0.3 is 14.0 Å². The van der Waals surface area contributed by atoms with Gasteiger partial charge in [-0.05, 0) is 42.0 Å². The highest BCUT2D eigenvalue weighted by molar-refractivity contribution is 6.30. The maximum Gasteiger partial charge on any atom is 0.276 e. The smallest absolute Gasteiger partial charge is 0.276 e. The zero-order valence-electron chi connectivity index (χ0n) is 19.6. The van der Waals surface area contributed by atoms with Gasteiger partial charge in [-0.2, -0.15) is 0 Å². The van der Waals surface area contributed by atoms with Crippen LogP contribution in [0.25, 0.3) is 10.9 Å². The van der Waals surface area contributed by atoms with E-state index >= 15 is 0 Å². The molecule has 0 spiro atoms. The quantitative estimate of drug-likeness (QED) is 0.392. The number of aromatic nitrogens is 3. The third-order valence-corrected chi connectivity index (χ3v) is 6.57. The Balaban J connectivity index is 1.52. The molecule has 1 fully saturated rings. The molecule has 1 N–H and O–H groups in total. The summed E-state index contributed by atoms with van der Waals surface area (Å²) in [5.74, 6) is 0.0555. The summed E-state index contributed by atoms with van der Waals surface area (Å²) >= 11 is 6.02. The van der Waals surface area contributed by atoms with E-state index in [-0.39, 0.29) is 30.1 Å². The summed E-state index contributed by atoms with van der Waals surface area (Å²) in [6, 6.07) is 14.2. The molecule has 36 heavy (non-hydrogen) atoms. The Morgan fingerprint density at radius 3 is 2.44 bits per heavy atom. The lowest BCUT2D eigenvalue weighted by molar-refractivity contribution is 0.0359. The first-order valence-electron chi connectivity index (χ1n) is 11.8. The summed E-state index contributed by atoms with van der Waals surface area (Å²) in [4.78, 5) is 28.9. The minimum Gasteiger partial charge on any atom is -0.487 e. The highest BCUT2D eigenvalue weighted by Gasteiger charge is 2.19. The van der Waals surface area contributed by atoms with Gasteiger partial charge in [-0.25, -0.2) is 4.39 Å². The van der Waals surface area contributed by atoms with Crippen LogP contribution in [-0.2, 0) is 24.4 Å². The molecule has 0 unspecified atom stereocenters. The first-order chi connectivity index (χ1) is 17.5. The standard InChI is InChI=1S/C26H26ClFN4O4/c27-19-3-1-18(2-4-19)16-31-23(17-36-21-7-5-20(28)6-8-21)25-22(15-24(31)33)29-32(26(25)34)10-9-30-11-13-35-14-12-30/h1-8,15,29H,9-14,16-17H2. The van der Waals surface area contributed by atoms with Gasteiger partial charge in [0.2, 0.25) is 0 Å². The zero-order chi connectivity index (χ0) is 25.1. The lowest BCUT2D eigenvalue weighted by atomic mass is 10.2. The normalized spacial score (nSPS) is 14.4. The predicted molar refractivity (Wildman–Crippen MR) is 135 cm³/mol. The number of morpholine rings is 1. The number of hydrogen-bond acceptors (Lipinski definition) is 5. The van der Waals surface area contributed by atoms with Crippen molar-refractivity contribution in [3.8, 4) is 5.75 Å². The average molecular weight is 513 g/mol. The number of benzene rings is 2. The number of H-pyrrole nitrogens is 1. The molecule has 5 rings (SSSR count). The molecule has 0 radical (unpaired) electrons. The van der Waals surface area contributed by atoms with Gasteiger partial charge in [0, 0.05) is 30.7 Å². The van der Waals surface area contributed by atoms with E-state index in [0.717, 1.165) is 18.7 Å². The van der Waals surface area contributed by atoms with Crippen molar-refractivity contribution in [3.63, 3.8) is 0 Å². The Morgan fingerprint density at radius 2 is 1.72 bits per heavy atom. The van der Waals surface area contributed by atoms with Crippen molar-refractivity contribution >= 4 is 22.5 Å². The third kappa shape index (κ3) is 5.38.